The molecule has 0 aromatic carbocycles. The van der Waals surface area contributed by atoms with E-state index in [2.05, 4.69) is 34.6 Å². The fourth-order valence-corrected chi connectivity index (χ4v) is 7.60. The van der Waals surface area contributed by atoms with E-state index in [4.69, 9.17) is 14.2 Å². The van der Waals surface area contributed by atoms with Crippen molar-refractivity contribution >= 4 is 17.9 Å². The summed E-state index contributed by atoms with van der Waals surface area (Å²) in [5, 5.41) is 0. The summed E-state index contributed by atoms with van der Waals surface area (Å²) in [6, 6.07) is 0. The molecule has 0 N–H and O–H groups in total. The Bertz CT molecular complexity index is 872. The van der Waals surface area contributed by atoms with Crippen molar-refractivity contribution in [3.63, 3.8) is 0 Å². The standard InChI is InChI=1S/C51H98O6/c1-6-8-9-10-11-12-20-26-31-36-41-49(52)55-44-48(57-51(54)43-38-33-28-23-22-25-30-35-40-47(5)7-2)45-56-50(53)42-37-32-27-21-18-16-14-13-15-17-19-24-29-34-39-46(3)4/h46-48H,6-45H2,1-5H3/t47?,48-/m1/s1. The number of unbranched alkanes of at least 4 members (excludes halogenated alkanes) is 29. The number of hydrogen-bond acceptors (Lipinski definition) is 6. The fourth-order valence-electron chi connectivity index (χ4n) is 7.60. The van der Waals surface area contributed by atoms with Crippen LogP contribution in [0.1, 0.15) is 279 Å². The maximum absolute atomic E-state index is 12.7. The van der Waals surface area contributed by atoms with Crippen LogP contribution >= 0.6 is 0 Å². The third kappa shape index (κ3) is 43.8. The maximum atomic E-state index is 12.7. The Kier molecular flexibility index (Phi) is 42.7. The molecule has 6 heteroatoms. The van der Waals surface area contributed by atoms with Gasteiger partial charge in [0, 0.05) is 19.3 Å². The average molecular weight is 807 g/mol. The van der Waals surface area contributed by atoms with Crippen LogP contribution in [0.5, 0.6) is 0 Å². The first-order valence-corrected chi connectivity index (χ1v) is 25.3. The quantitative estimate of drug-likeness (QED) is 0.0346. The summed E-state index contributed by atoms with van der Waals surface area (Å²) < 4.78 is 16.8. The molecule has 0 aliphatic heterocycles. The van der Waals surface area contributed by atoms with Crippen LogP contribution in [0.15, 0.2) is 0 Å². The fraction of sp³-hybridized carbons (Fsp3) is 0.941. The van der Waals surface area contributed by atoms with Crippen molar-refractivity contribution in [1.82, 2.24) is 0 Å². The van der Waals surface area contributed by atoms with Crippen molar-refractivity contribution in [2.24, 2.45) is 11.8 Å². The first-order valence-electron chi connectivity index (χ1n) is 25.3. The second-order valence-corrected chi connectivity index (χ2v) is 18.2. The van der Waals surface area contributed by atoms with Gasteiger partial charge in [-0.25, -0.2) is 0 Å². The minimum atomic E-state index is -0.761. The Morgan fingerprint density at radius 1 is 0.368 bits per heavy atom. The van der Waals surface area contributed by atoms with Crippen LogP contribution in [0.3, 0.4) is 0 Å². The van der Waals surface area contributed by atoms with Crippen molar-refractivity contribution in [2.75, 3.05) is 13.2 Å². The zero-order chi connectivity index (χ0) is 41.9. The Labute approximate surface area is 355 Å². The molecule has 338 valence electrons. The van der Waals surface area contributed by atoms with Crippen LogP contribution in [0, 0.1) is 11.8 Å². The van der Waals surface area contributed by atoms with Gasteiger partial charge < -0.3 is 14.2 Å². The molecule has 0 aliphatic carbocycles. The van der Waals surface area contributed by atoms with E-state index in [1.54, 1.807) is 0 Å². The van der Waals surface area contributed by atoms with E-state index in [0.717, 1.165) is 69.6 Å². The lowest BCUT2D eigenvalue weighted by atomic mass is 9.99. The van der Waals surface area contributed by atoms with E-state index >= 15 is 0 Å². The summed E-state index contributed by atoms with van der Waals surface area (Å²) in [4.78, 5) is 37.8. The lowest BCUT2D eigenvalue weighted by Crippen LogP contribution is -2.30. The first kappa shape index (κ1) is 55.4. The minimum Gasteiger partial charge on any atom is -0.462 e. The van der Waals surface area contributed by atoms with Crippen LogP contribution in [0.25, 0.3) is 0 Å². The molecule has 0 radical (unpaired) electrons. The first-order chi connectivity index (χ1) is 27.8. The Balaban J connectivity index is 4.28. The van der Waals surface area contributed by atoms with Crippen LogP contribution < -0.4 is 0 Å². The third-order valence-electron chi connectivity index (χ3n) is 11.8. The molecule has 1 unspecified atom stereocenters. The molecule has 0 saturated carbocycles. The van der Waals surface area contributed by atoms with Crippen LogP contribution in [0.4, 0.5) is 0 Å². The normalized spacial score (nSPS) is 12.5. The van der Waals surface area contributed by atoms with Gasteiger partial charge in [0.1, 0.15) is 13.2 Å². The second kappa shape index (κ2) is 44.0. The van der Waals surface area contributed by atoms with E-state index in [9.17, 15) is 14.4 Å². The molecule has 0 aliphatic rings. The van der Waals surface area contributed by atoms with Gasteiger partial charge in [-0.3, -0.25) is 14.4 Å². The van der Waals surface area contributed by atoms with Gasteiger partial charge in [-0.05, 0) is 31.1 Å². The van der Waals surface area contributed by atoms with Gasteiger partial charge in [-0.2, -0.15) is 0 Å². The van der Waals surface area contributed by atoms with Gasteiger partial charge in [0.05, 0.1) is 0 Å². The van der Waals surface area contributed by atoms with Crippen LogP contribution in [-0.4, -0.2) is 37.2 Å². The van der Waals surface area contributed by atoms with Crippen molar-refractivity contribution in [1.29, 1.82) is 0 Å². The Morgan fingerprint density at radius 3 is 1.00 bits per heavy atom. The highest BCUT2D eigenvalue weighted by Crippen LogP contribution is 2.18. The minimum absolute atomic E-state index is 0.0642. The highest BCUT2D eigenvalue weighted by molar-refractivity contribution is 5.71. The van der Waals surface area contributed by atoms with E-state index < -0.39 is 6.10 Å². The molecule has 0 spiro atoms. The molecule has 0 heterocycles. The summed E-state index contributed by atoms with van der Waals surface area (Å²) in [5.74, 6) is 0.837. The summed E-state index contributed by atoms with van der Waals surface area (Å²) >= 11 is 0. The van der Waals surface area contributed by atoms with Crippen molar-refractivity contribution in [2.45, 2.75) is 285 Å². The molecule has 57 heavy (non-hydrogen) atoms. The smallest absolute Gasteiger partial charge is 0.306 e. The summed E-state index contributed by atoms with van der Waals surface area (Å²) in [6.07, 6.45) is 43.7. The number of rotatable bonds is 45. The summed E-state index contributed by atoms with van der Waals surface area (Å²) in [5.41, 5.74) is 0. The molecule has 2 atom stereocenters. The molecule has 6 nitrogen and oxygen atoms in total. The molecule has 0 rings (SSSR count). The van der Waals surface area contributed by atoms with Gasteiger partial charge in [0.15, 0.2) is 6.10 Å². The van der Waals surface area contributed by atoms with E-state index in [1.165, 1.54) is 167 Å². The van der Waals surface area contributed by atoms with E-state index in [1.807, 2.05) is 0 Å². The summed E-state index contributed by atoms with van der Waals surface area (Å²) in [6.45, 7) is 11.4. The number of ether oxygens (including phenoxy) is 3. The number of carbonyl (C=O) groups is 3. The number of esters is 3. The molecule has 0 bridgehead atoms. The van der Waals surface area contributed by atoms with Crippen molar-refractivity contribution < 1.29 is 28.6 Å². The maximum Gasteiger partial charge on any atom is 0.306 e. The molecular weight excluding hydrogens is 709 g/mol. The lowest BCUT2D eigenvalue weighted by molar-refractivity contribution is -0.167. The molecule has 0 saturated heterocycles. The third-order valence-corrected chi connectivity index (χ3v) is 11.8. The largest absolute Gasteiger partial charge is 0.462 e. The van der Waals surface area contributed by atoms with Crippen molar-refractivity contribution in [3.05, 3.63) is 0 Å². The van der Waals surface area contributed by atoms with Gasteiger partial charge in [0.25, 0.3) is 0 Å². The van der Waals surface area contributed by atoms with Crippen molar-refractivity contribution in [3.8, 4) is 0 Å². The Morgan fingerprint density at radius 2 is 0.667 bits per heavy atom. The molecule has 0 aromatic rings. The van der Waals surface area contributed by atoms with Crippen LogP contribution in [0.2, 0.25) is 0 Å². The molecular formula is C51H98O6. The molecule has 0 fully saturated rings. The van der Waals surface area contributed by atoms with Gasteiger partial charge in [-0.15, -0.1) is 0 Å². The van der Waals surface area contributed by atoms with Gasteiger partial charge >= 0.3 is 17.9 Å². The lowest BCUT2D eigenvalue weighted by Gasteiger charge is -2.18. The van der Waals surface area contributed by atoms with E-state index in [-0.39, 0.29) is 31.1 Å². The van der Waals surface area contributed by atoms with Gasteiger partial charge in [-0.1, -0.05) is 240 Å². The zero-order valence-electron chi connectivity index (χ0n) is 39.0. The summed E-state index contributed by atoms with van der Waals surface area (Å²) in [7, 11) is 0. The number of carbonyl (C=O) groups excluding carboxylic acids is 3. The SMILES string of the molecule is CCCCCCCCCCCCC(=O)OC[C@H](COC(=O)CCCCCCCCCCCCCCCCC(C)C)OC(=O)CCCCCCCCCCC(C)CC. The van der Waals surface area contributed by atoms with Gasteiger partial charge in [0.2, 0.25) is 0 Å². The molecule has 0 aromatic heterocycles. The highest BCUT2D eigenvalue weighted by atomic mass is 16.6. The second-order valence-electron chi connectivity index (χ2n) is 18.2. The van der Waals surface area contributed by atoms with E-state index in [0.29, 0.717) is 19.3 Å². The number of hydrogen-bond donors (Lipinski definition) is 0. The zero-order valence-corrected chi connectivity index (χ0v) is 39.0. The molecule has 0 amide bonds. The Hall–Kier alpha value is -1.59. The predicted octanol–water partition coefficient (Wildman–Crippen LogP) is 16.1. The topological polar surface area (TPSA) is 78.9 Å². The highest BCUT2D eigenvalue weighted by Gasteiger charge is 2.19. The van der Waals surface area contributed by atoms with Crippen LogP contribution in [-0.2, 0) is 28.6 Å². The monoisotopic (exact) mass is 807 g/mol. The average Bonchev–Trinajstić information content (AvgIpc) is 3.19. The predicted molar refractivity (Wildman–Crippen MR) is 243 cm³/mol.